The first-order valence-electron chi connectivity index (χ1n) is 12.9. The predicted octanol–water partition coefficient (Wildman–Crippen LogP) is 8.83. The maximum Gasteiger partial charge on any atom is 0.248 e. The molecule has 5 nitrogen and oxygen atoms in total. The smallest absolute Gasteiger partial charge is 0.248 e. The van der Waals surface area contributed by atoms with E-state index in [9.17, 15) is 0 Å². The lowest BCUT2D eigenvalue weighted by Gasteiger charge is -2.25. The Balaban J connectivity index is 1.30. The van der Waals surface area contributed by atoms with Gasteiger partial charge in [-0.2, -0.15) is 0 Å². The van der Waals surface area contributed by atoms with Gasteiger partial charge in [0.1, 0.15) is 5.75 Å². The van der Waals surface area contributed by atoms with E-state index in [-0.39, 0.29) is 0 Å². The minimum absolute atomic E-state index is 0.490. The quantitative estimate of drug-likeness (QED) is 0.173. The van der Waals surface area contributed by atoms with Crippen molar-refractivity contribution in [2.24, 2.45) is 0 Å². The number of unbranched alkanes of at least 4 members (excludes halogenated alkanes) is 3. The van der Waals surface area contributed by atoms with E-state index in [2.05, 4.69) is 58.4 Å². The van der Waals surface area contributed by atoms with Crippen LogP contribution in [0.3, 0.4) is 0 Å². The maximum atomic E-state index is 6.01. The van der Waals surface area contributed by atoms with E-state index in [0.29, 0.717) is 11.8 Å². The van der Waals surface area contributed by atoms with E-state index >= 15 is 0 Å². The van der Waals surface area contributed by atoms with E-state index < -0.39 is 0 Å². The first-order valence-corrected chi connectivity index (χ1v) is 12.9. The molecule has 1 heterocycles. The molecule has 186 valence electrons. The summed E-state index contributed by atoms with van der Waals surface area (Å²) in [5.41, 5.74) is 4.97. The average molecular weight is 490 g/mol. The Morgan fingerprint density at radius 2 is 1.11 bits per heavy atom. The summed E-state index contributed by atoms with van der Waals surface area (Å²) in [5, 5.41) is 8.57. The normalized spacial score (nSPS) is 10.8. The lowest BCUT2D eigenvalue weighted by molar-refractivity contribution is 0.305. The third kappa shape index (κ3) is 6.07. The molecule has 4 aromatic carbocycles. The third-order valence-electron chi connectivity index (χ3n) is 6.19. The van der Waals surface area contributed by atoms with Crippen molar-refractivity contribution in [3.05, 3.63) is 109 Å². The van der Waals surface area contributed by atoms with Crippen LogP contribution in [0, 0.1) is 0 Å². The SMILES string of the molecule is CCCCCCOc1ccc(-c2nnc(-c3ccc(N(c4ccccc4)c4ccccc4)cc3)o2)cc1. The molecule has 0 fully saturated rings. The highest BCUT2D eigenvalue weighted by Crippen LogP contribution is 2.35. The Morgan fingerprint density at radius 1 is 0.595 bits per heavy atom. The van der Waals surface area contributed by atoms with Gasteiger partial charge in [0, 0.05) is 28.2 Å². The monoisotopic (exact) mass is 489 g/mol. The van der Waals surface area contributed by atoms with E-state index in [0.717, 1.165) is 47.0 Å². The van der Waals surface area contributed by atoms with Crippen LogP contribution in [0.1, 0.15) is 32.6 Å². The van der Waals surface area contributed by atoms with E-state index in [1.54, 1.807) is 0 Å². The number of hydrogen-bond donors (Lipinski definition) is 0. The highest BCUT2D eigenvalue weighted by atomic mass is 16.5. The predicted molar refractivity (Wildman–Crippen MR) is 149 cm³/mol. The molecule has 0 radical (unpaired) electrons. The van der Waals surface area contributed by atoms with Crippen LogP contribution in [0.15, 0.2) is 114 Å². The number of nitrogens with zero attached hydrogens (tertiary/aromatic N) is 3. The van der Waals surface area contributed by atoms with E-state index in [1.165, 1.54) is 19.3 Å². The molecule has 0 atom stereocenters. The van der Waals surface area contributed by atoms with Gasteiger partial charge in [0.25, 0.3) is 0 Å². The number of rotatable bonds is 11. The number of aromatic nitrogens is 2. The second-order valence-electron chi connectivity index (χ2n) is 8.90. The molecular formula is C32H31N3O2. The number of para-hydroxylation sites is 2. The van der Waals surface area contributed by atoms with Crippen molar-refractivity contribution in [1.82, 2.24) is 10.2 Å². The van der Waals surface area contributed by atoms with Gasteiger partial charge in [-0.3, -0.25) is 0 Å². The highest BCUT2D eigenvalue weighted by molar-refractivity contribution is 5.77. The van der Waals surface area contributed by atoms with Crippen LogP contribution in [0.5, 0.6) is 5.75 Å². The first kappa shape index (κ1) is 24.3. The Hall–Kier alpha value is -4.38. The molecule has 0 bridgehead atoms. The molecule has 0 N–H and O–H groups in total. The Bertz CT molecular complexity index is 1330. The van der Waals surface area contributed by atoms with Gasteiger partial charge < -0.3 is 14.1 Å². The average Bonchev–Trinajstić information content (AvgIpc) is 3.46. The summed E-state index contributed by atoms with van der Waals surface area (Å²) < 4.78 is 11.9. The Morgan fingerprint density at radius 3 is 1.65 bits per heavy atom. The van der Waals surface area contributed by atoms with Gasteiger partial charge in [-0.25, -0.2) is 0 Å². The largest absolute Gasteiger partial charge is 0.494 e. The van der Waals surface area contributed by atoms with Crippen molar-refractivity contribution in [3.8, 4) is 28.7 Å². The van der Waals surface area contributed by atoms with Crippen molar-refractivity contribution in [1.29, 1.82) is 0 Å². The highest BCUT2D eigenvalue weighted by Gasteiger charge is 2.14. The topological polar surface area (TPSA) is 51.4 Å². The molecule has 0 saturated carbocycles. The van der Waals surface area contributed by atoms with Crippen molar-refractivity contribution >= 4 is 17.1 Å². The Labute approximate surface area is 218 Å². The van der Waals surface area contributed by atoms with Gasteiger partial charge in [0.05, 0.1) is 6.61 Å². The van der Waals surface area contributed by atoms with Crippen molar-refractivity contribution < 1.29 is 9.15 Å². The minimum atomic E-state index is 0.490. The molecule has 0 spiro atoms. The fourth-order valence-electron chi connectivity index (χ4n) is 4.22. The van der Waals surface area contributed by atoms with Gasteiger partial charge in [0.2, 0.25) is 11.8 Å². The molecule has 1 aromatic heterocycles. The molecule has 0 saturated heterocycles. The number of ether oxygens (including phenoxy) is 1. The number of benzene rings is 4. The zero-order chi connectivity index (χ0) is 25.3. The minimum Gasteiger partial charge on any atom is -0.494 e. The van der Waals surface area contributed by atoms with Crippen LogP contribution in [0.4, 0.5) is 17.1 Å². The molecule has 5 aromatic rings. The molecule has 5 heteroatoms. The molecule has 5 rings (SSSR count). The zero-order valence-electron chi connectivity index (χ0n) is 21.1. The second kappa shape index (κ2) is 12.0. The van der Waals surface area contributed by atoms with Crippen molar-refractivity contribution in [3.63, 3.8) is 0 Å². The summed E-state index contributed by atoms with van der Waals surface area (Å²) in [6.45, 7) is 2.95. The van der Waals surface area contributed by atoms with Gasteiger partial charge in [0.15, 0.2) is 0 Å². The molecule has 0 aliphatic heterocycles. The summed E-state index contributed by atoms with van der Waals surface area (Å²) >= 11 is 0. The summed E-state index contributed by atoms with van der Waals surface area (Å²) in [5.74, 6) is 1.84. The molecule has 37 heavy (non-hydrogen) atoms. The van der Waals surface area contributed by atoms with E-state index in [4.69, 9.17) is 9.15 Å². The van der Waals surface area contributed by atoms with Gasteiger partial charge >= 0.3 is 0 Å². The van der Waals surface area contributed by atoms with E-state index in [1.807, 2.05) is 72.8 Å². The van der Waals surface area contributed by atoms with Crippen LogP contribution < -0.4 is 9.64 Å². The molecule has 0 amide bonds. The summed E-state index contributed by atoms with van der Waals surface area (Å²) in [4.78, 5) is 2.22. The molecule has 0 unspecified atom stereocenters. The fraction of sp³-hybridized carbons (Fsp3) is 0.188. The van der Waals surface area contributed by atoms with Gasteiger partial charge in [-0.15, -0.1) is 10.2 Å². The standard InChI is InChI=1S/C32H31N3O2/c1-2-3-4-11-24-36-30-22-18-26(19-23-30)32-34-33-31(37-32)25-16-20-29(21-17-25)35(27-12-7-5-8-13-27)28-14-9-6-10-15-28/h5-10,12-23H,2-4,11,24H2,1H3. The lowest BCUT2D eigenvalue weighted by Crippen LogP contribution is -2.09. The summed E-state index contributed by atoms with van der Waals surface area (Å²) in [7, 11) is 0. The fourth-order valence-corrected chi connectivity index (χ4v) is 4.22. The number of anilines is 3. The van der Waals surface area contributed by atoms with Crippen LogP contribution >= 0.6 is 0 Å². The third-order valence-corrected chi connectivity index (χ3v) is 6.19. The zero-order valence-corrected chi connectivity index (χ0v) is 21.1. The van der Waals surface area contributed by atoms with Gasteiger partial charge in [-0.05, 0) is 79.2 Å². The molecule has 0 aliphatic carbocycles. The first-order chi connectivity index (χ1) is 18.3. The summed E-state index contributed by atoms with van der Waals surface area (Å²) in [6, 6.07) is 36.7. The van der Waals surface area contributed by atoms with Crippen LogP contribution in [-0.2, 0) is 0 Å². The van der Waals surface area contributed by atoms with Crippen LogP contribution in [0.25, 0.3) is 22.9 Å². The second-order valence-corrected chi connectivity index (χ2v) is 8.90. The van der Waals surface area contributed by atoms with Crippen LogP contribution in [0.2, 0.25) is 0 Å². The summed E-state index contributed by atoms with van der Waals surface area (Å²) in [6.07, 6.45) is 4.76. The van der Waals surface area contributed by atoms with Crippen molar-refractivity contribution in [2.45, 2.75) is 32.6 Å². The lowest BCUT2D eigenvalue weighted by atomic mass is 10.1. The Kier molecular flexibility index (Phi) is 7.91. The van der Waals surface area contributed by atoms with Crippen LogP contribution in [-0.4, -0.2) is 16.8 Å². The molecule has 0 aliphatic rings. The maximum absolute atomic E-state index is 6.01. The van der Waals surface area contributed by atoms with Gasteiger partial charge in [-0.1, -0.05) is 62.6 Å². The number of hydrogen-bond acceptors (Lipinski definition) is 5. The van der Waals surface area contributed by atoms with Crippen molar-refractivity contribution in [2.75, 3.05) is 11.5 Å². The molecular weight excluding hydrogens is 458 g/mol.